The van der Waals surface area contributed by atoms with Crippen LogP contribution in [0.3, 0.4) is 0 Å². The molecule has 2 rings (SSSR count). The maximum absolute atomic E-state index is 10.8. The fourth-order valence-corrected chi connectivity index (χ4v) is 1.05. The van der Waals surface area contributed by atoms with Gasteiger partial charge in [-0.25, -0.2) is 0 Å². The Kier molecular flexibility index (Phi) is 1.46. The van der Waals surface area contributed by atoms with Gasteiger partial charge in [0.1, 0.15) is 13.2 Å². The minimum Gasteiger partial charge on any atom is -0.486 e. The monoisotopic (exact) mass is 166 g/mol. The van der Waals surface area contributed by atoms with Crippen molar-refractivity contribution in [3.8, 4) is 0 Å². The van der Waals surface area contributed by atoms with Gasteiger partial charge in [0.25, 0.3) is 0 Å². The van der Waals surface area contributed by atoms with Gasteiger partial charge in [0.05, 0.1) is 0 Å². The molecule has 0 aromatic carbocycles. The van der Waals surface area contributed by atoms with Crippen molar-refractivity contribution in [2.45, 2.75) is 0 Å². The van der Waals surface area contributed by atoms with Gasteiger partial charge in [0.2, 0.25) is 11.6 Å². The summed E-state index contributed by atoms with van der Waals surface area (Å²) in [5.41, 5.74) is 0. The molecule has 1 heterocycles. The Morgan fingerprint density at radius 1 is 0.917 bits per heavy atom. The van der Waals surface area contributed by atoms with Gasteiger partial charge in [0, 0.05) is 12.2 Å². The molecule has 4 heteroatoms. The van der Waals surface area contributed by atoms with Gasteiger partial charge in [-0.15, -0.1) is 0 Å². The summed E-state index contributed by atoms with van der Waals surface area (Å²) < 4.78 is 10.2. The van der Waals surface area contributed by atoms with Gasteiger partial charge in [-0.05, 0) is 0 Å². The number of carbonyl (C=O) groups excluding carboxylic acids is 2. The first kappa shape index (κ1) is 7.09. The zero-order valence-electron chi connectivity index (χ0n) is 6.20. The van der Waals surface area contributed by atoms with Crippen molar-refractivity contribution in [1.82, 2.24) is 0 Å². The maximum atomic E-state index is 10.8. The molecule has 0 radical (unpaired) electrons. The summed E-state index contributed by atoms with van der Waals surface area (Å²) in [5.74, 6) is -0.379. The molecule has 0 aromatic heterocycles. The van der Waals surface area contributed by atoms with Crippen LogP contribution in [-0.4, -0.2) is 24.8 Å². The van der Waals surface area contributed by atoms with E-state index >= 15 is 0 Å². The van der Waals surface area contributed by atoms with E-state index in [4.69, 9.17) is 9.47 Å². The van der Waals surface area contributed by atoms with Gasteiger partial charge in [0.15, 0.2) is 11.5 Å². The molecule has 2 aliphatic rings. The van der Waals surface area contributed by atoms with Gasteiger partial charge >= 0.3 is 0 Å². The topological polar surface area (TPSA) is 52.6 Å². The molecule has 1 aliphatic heterocycles. The quantitative estimate of drug-likeness (QED) is 0.374. The van der Waals surface area contributed by atoms with E-state index in [1.807, 2.05) is 0 Å². The van der Waals surface area contributed by atoms with E-state index in [9.17, 15) is 9.59 Å². The lowest BCUT2D eigenvalue weighted by Crippen LogP contribution is -2.22. The summed E-state index contributed by atoms with van der Waals surface area (Å²) in [7, 11) is 0. The van der Waals surface area contributed by atoms with Gasteiger partial charge in [-0.3, -0.25) is 9.59 Å². The summed E-state index contributed by atoms with van der Waals surface area (Å²) in [5, 5.41) is 0. The Balaban J connectivity index is 2.35. The smallest absolute Gasteiger partial charge is 0.229 e. The van der Waals surface area contributed by atoms with Crippen molar-refractivity contribution >= 4 is 11.6 Å². The van der Waals surface area contributed by atoms with Crippen molar-refractivity contribution in [2.24, 2.45) is 0 Å². The van der Waals surface area contributed by atoms with Crippen molar-refractivity contribution in [1.29, 1.82) is 0 Å². The summed E-state index contributed by atoms with van der Waals surface area (Å²) in [6, 6.07) is 0. The third kappa shape index (κ3) is 1.01. The molecule has 1 aliphatic carbocycles. The van der Waals surface area contributed by atoms with Crippen LogP contribution in [0.2, 0.25) is 0 Å². The molecule has 0 spiro atoms. The van der Waals surface area contributed by atoms with E-state index in [2.05, 4.69) is 0 Å². The number of ether oxygens (including phenoxy) is 2. The number of rotatable bonds is 0. The minimum absolute atomic E-state index is 0.367. The van der Waals surface area contributed by atoms with Crippen molar-refractivity contribution in [3.63, 3.8) is 0 Å². The molecule has 0 aromatic rings. The van der Waals surface area contributed by atoms with Crippen LogP contribution >= 0.6 is 0 Å². The zero-order valence-corrected chi connectivity index (χ0v) is 6.20. The number of fused-ring (bicyclic) bond motifs is 1. The first-order valence-electron chi connectivity index (χ1n) is 3.55. The number of carbonyl (C=O) groups is 2. The lowest BCUT2D eigenvalue weighted by Gasteiger charge is -2.21. The third-order valence-electron chi connectivity index (χ3n) is 1.61. The first-order chi connectivity index (χ1) is 5.77. The van der Waals surface area contributed by atoms with Crippen molar-refractivity contribution < 1.29 is 19.1 Å². The van der Waals surface area contributed by atoms with E-state index in [1.165, 1.54) is 0 Å². The fraction of sp³-hybridized carbons (Fsp3) is 0.250. The second-order valence-electron chi connectivity index (χ2n) is 2.44. The highest BCUT2D eigenvalue weighted by molar-refractivity contribution is 6.46. The van der Waals surface area contributed by atoms with E-state index in [1.54, 1.807) is 0 Å². The Hall–Kier alpha value is -1.58. The Morgan fingerprint density at radius 2 is 1.33 bits per heavy atom. The highest BCUT2D eigenvalue weighted by atomic mass is 16.6. The first-order valence-corrected chi connectivity index (χ1v) is 3.55. The van der Waals surface area contributed by atoms with Crippen LogP contribution < -0.4 is 0 Å². The average Bonchev–Trinajstić information content (AvgIpc) is 2.07. The Labute approximate surface area is 68.5 Å². The van der Waals surface area contributed by atoms with Crippen LogP contribution in [0.15, 0.2) is 23.7 Å². The van der Waals surface area contributed by atoms with Crippen molar-refractivity contribution in [3.05, 3.63) is 23.7 Å². The van der Waals surface area contributed by atoms with Gasteiger partial charge in [-0.2, -0.15) is 0 Å². The van der Waals surface area contributed by atoms with Crippen LogP contribution in [0.5, 0.6) is 0 Å². The van der Waals surface area contributed by atoms with Crippen molar-refractivity contribution in [2.75, 3.05) is 13.2 Å². The molecule has 0 N–H and O–H groups in total. The van der Waals surface area contributed by atoms with Crippen LogP contribution in [0.4, 0.5) is 0 Å². The summed E-state index contributed by atoms with van der Waals surface area (Å²) in [6.45, 7) is 0.843. The molecule has 1 saturated heterocycles. The average molecular weight is 166 g/mol. The second-order valence-corrected chi connectivity index (χ2v) is 2.44. The molecule has 0 atom stereocenters. The lowest BCUT2D eigenvalue weighted by atomic mass is 10.1. The normalized spacial score (nSPS) is 21.7. The summed E-state index contributed by atoms with van der Waals surface area (Å²) in [6.07, 6.45) is 2.33. The zero-order chi connectivity index (χ0) is 8.55. The minimum atomic E-state index is -0.556. The molecule has 0 amide bonds. The number of allylic oxidation sites excluding steroid dienone is 2. The van der Waals surface area contributed by atoms with Gasteiger partial charge < -0.3 is 9.47 Å². The molecule has 0 bridgehead atoms. The summed E-state index contributed by atoms with van der Waals surface area (Å²) in [4.78, 5) is 21.7. The maximum Gasteiger partial charge on any atom is 0.229 e. The SMILES string of the molecule is O=C1C=C2OCCOC2=CC1=O. The highest BCUT2D eigenvalue weighted by Gasteiger charge is 2.24. The van der Waals surface area contributed by atoms with Gasteiger partial charge in [-0.1, -0.05) is 0 Å². The van der Waals surface area contributed by atoms with Crippen LogP contribution in [0.25, 0.3) is 0 Å². The molecular weight excluding hydrogens is 160 g/mol. The number of ketones is 2. The predicted octanol–water partition coefficient (Wildman–Crippen LogP) is -0.0472. The molecule has 62 valence electrons. The molecule has 0 unspecified atom stereocenters. The predicted molar refractivity (Wildman–Crippen MR) is 38.1 cm³/mol. The van der Waals surface area contributed by atoms with Crippen LogP contribution in [0.1, 0.15) is 0 Å². The Bertz CT molecular complexity index is 279. The van der Waals surface area contributed by atoms with E-state index in [-0.39, 0.29) is 0 Å². The molecule has 0 saturated carbocycles. The summed E-state index contributed by atoms with van der Waals surface area (Å²) >= 11 is 0. The van der Waals surface area contributed by atoms with E-state index < -0.39 is 11.6 Å². The molecule has 4 nitrogen and oxygen atoms in total. The molecule has 1 fully saturated rings. The highest BCUT2D eigenvalue weighted by Crippen LogP contribution is 2.20. The molecular formula is C8H6O4. The van der Waals surface area contributed by atoms with E-state index in [0.29, 0.717) is 24.7 Å². The fourth-order valence-electron chi connectivity index (χ4n) is 1.05. The second kappa shape index (κ2) is 2.48. The van der Waals surface area contributed by atoms with E-state index in [0.717, 1.165) is 12.2 Å². The number of hydrogen-bond acceptors (Lipinski definition) is 4. The van der Waals surface area contributed by atoms with Crippen LogP contribution in [0, 0.1) is 0 Å². The largest absolute Gasteiger partial charge is 0.486 e. The van der Waals surface area contributed by atoms with Crippen LogP contribution in [-0.2, 0) is 19.1 Å². The third-order valence-corrected chi connectivity index (χ3v) is 1.61. The lowest BCUT2D eigenvalue weighted by molar-refractivity contribution is -0.131. The number of hydrogen-bond donors (Lipinski definition) is 0. The standard InChI is InChI=1S/C8H6O4/c9-5-3-7-8(4-6(5)10)12-2-1-11-7/h3-4H,1-2H2. The molecule has 12 heavy (non-hydrogen) atoms. The Morgan fingerprint density at radius 3 is 1.75 bits per heavy atom.